The number of hydrogen-bond donors (Lipinski definition) is 2. The maximum atomic E-state index is 12.2. The Kier molecular flexibility index (Phi) is 4.96. The zero-order valence-electron chi connectivity index (χ0n) is 15.3. The van der Waals surface area contributed by atoms with Gasteiger partial charge in [0.25, 0.3) is 5.56 Å². The van der Waals surface area contributed by atoms with Crippen LogP contribution in [0.3, 0.4) is 0 Å². The van der Waals surface area contributed by atoms with Crippen LogP contribution in [0.1, 0.15) is 12.5 Å². The highest BCUT2D eigenvalue weighted by Crippen LogP contribution is 2.31. The fourth-order valence-corrected chi connectivity index (χ4v) is 3.64. The Labute approximate surface area is 168 Å². The topological polar surface area (TPSA) is 110 Å². The lowest BCUT2D eigenvalue weighted by Gasteiger charge is -2.08. The summed E-state index contributed by atoms with van der Waals surface area (Å²) in [6.07, 6.45) is 1.20. The Balaban J connectivity index is 1.74. The van der Waals surface area contributed by atoms with Crippen molar-refractivity contribution in [2.75, 3.05) is 6.61 Å². The molecule has 4 aromatic rings. The summed E-state index contributed by atoms with van der Waals surface area (Å²) in [7, 11) is 0. The van der Waals surface area contributed by atoms with E-state index in [1.54, 1.807) is 30.3 Å². The van der Waals surface area contributed by atoms with E-state index in [-0.39, 0.29) is 5.56 Å². The molecule has 2 N–H and O–H groups in total. The van der Waals surface area contributed by atoms with Gasteiger partial charge in [-0.3, -0.25) is 9.78 Å². The second kappa shape index (κ2) is 7.72. The smallest absolute Gasteiger partial charge is 0.335 e. The molecule has 0 amide bonds. The molecule has 9 heteroatoms. The van der Waals surface area contributed by atoms with Gasteiger partial charge in [0.1, 0.15) is 11.3 Å². The third-order valence-electron chi connectivity index (χ3n) is 4.10. The Morgan fingerprint density at radius 3 is 2.79 bits per heavy atom. The molecule has 8 nitrogen and oxygen atoms in total. The summed E-state index contributed by atoms with van der Waals surface area (Å²) in [5.74, 6) is 0.247. The number of benzene rings is 2. The van der Waals surface area contributed by atoms with Crippen LogP contribution in [0.5, 0.6) is 11.6 Å². The number of aromatic nitrogens is 3. The minimum Gasteiger partial charge on any atom is -0.494 e. The Morgan fingerprint density at radius 2 is 2.03 bits per heavy atom. The van der Waals surface area contributed by atoms with Crippen molar-refractivity contribution in [3.05, 3.63) is 74.9 Å². The molecule has 0 saturated carbocycles. The zero-order valence-corrected chi connectivity index (χ0v) is 16.1. The molecule has 0 atom stereocenters. The summed E-state index contributed by atoms with van der Waals surface area (Å²) in [5.41, 5.74) is -0.437. The van der Waals surface area contributed by atoms with Gasteiger partial charge in [-0.15, -0.1) is 0 Å². The molecule has 29 heavy (non-hydrogen) atoms. The van der Waals surface area contributed by atoms with Crippen molar-refractivity contribution in [3.8, 4) is 17.3 Å². The standard InChI is InChI=1S/C20H16N4O4S/c1-2-28-13-8-9-15-16(10-13)29-19(22-15)21-11-14-17(25)23-20(27)24(18(14)26)12-6-4-3-5-7-12/h3-11,26H,2H2,1H3,(H,23,25,27). The number of fused-ring (bicyclic) bond motifs is 1. The van der Waals surface area contributed by atoms with E-state index in [4.69, 9.17) is 4.74 Å². The Bertz CT molecular complexity index is 1320. The van der Waals surface area contributed by atoms with E-state index in [2.05, 4.69) is 15.0 Å². The monoisotopic (exact) mass is 408 g/mol. The maximum Gasteiger partial charge on any atom is 0.335 e. The first-order valence-corrected chi connectivity index (χ1v) is 9.59. The Morgan fingerprint density at radius 1 is 1.24 bits per heavy atom. The molecule has 0 unspecified atom stereocenters. The summed E-state index contributed by atoms with van der Waals surface area (Å²) in [5, 5.41) is 10.9. The van der Waals surface area contributed by atoms with Crippen LogP contribution in [0.25, 0.3) is 15.9 Å². The van der Waals surface area contributed by atoms with Gasteiger partial charge in [0.15, 0.2) is 0 Å². The largest absolute Gasteiger partial charge is 0.494 e. The number of para-hydroxylation sites is 1. The maximum absolute atomic E-state index is 12.2. The number of aromatic amines is 1. The first kappa shape index (κ1) is 18.6. The van der Waals surface area contributed by atoms with Crippen LogP contribution in [-0.4, -0.2) is 32.5 Å². The average Bonchev–Trinajstić information content (AvgIpc) is 3.11. The van der Waals surface area contributed by atoms with E-state index in [9.17, 15) is 14.7 Å². The van der Waals surface area contributed by atoms with Crippen LogP contribution in [0.2, 0.25) is 0 Å². The summed E-state index contributed by atoms with van der Waals surface area (Å²) >= 11 is 1.32. The van der Waals surface area contributed by atoms with Crippen LogP contribution in [-0.2, 0) is 0 Å². The van der Waals surface area contributed by atoms with Crippen molar-refractivity contribution in [2.45, 2.75) is 6.92 Å². The van der Waals surface area contributed by atoms with Gasteiger partial charge in [-0.25, -0.2) is 19.3 Å². The molecule has 146 valence electrons. The number of ether oxygens (including phenoxy) is 1. The highest BCUT2D eigenvalue weighted by Gasteiger charge is 2.14. The second-order valence-electron chi connectivity index (χ2n) is 5.98. The second-order valence-corrected chi connectivity index (χ2v) is 6.99. The van der Waals surface area contributed by atoms with Gasteiger partial charge in [-0.05, 0) is 37.3 Å². The number of thiazole rings is 1. The summed E-state index contributed by atoms with van der Waals surface area (Å²) in [6.45, 7) is 2.47. The first-order valence-electron chi connectivity index (χ1n) is 8.78. The van der Waals surface area contributed by atoms with Crippen molar-refractivity contribution in [1.29, 1.82) is 0 Å². The molecule has 2 aromatic carbocycles. The SMILES string of the molecule is CCOc1ccc2nc(N=Cc3c(O)n(-c4ccccc4)c(=O)[nH]c3=O)sc2c1. The average molecular weight is 408 g/mol. The first-order chi connectivity index (χ1) is 14.1. The fraction of sp³-hybridized carbons (Fsp3) is 0.100. The van der Waals surface area contributed by atoms with Crippen molar-refractivity contribution in [3.63, 3.8) is 0 Å². The number of hydrogen-bond acceptors (Lipinski definition) is 7. The Hall–Kier alpha value is -3.72. The van der Waals surface area contributed by atoms with Crippen LogP contribution in [0.15, 0.2) is 63.1 Å². The van der Waals surface area contributed by atoms with Crippen LogP contribution < -0.4 is 16.0 Å². The fourth-order valence-electron chi connectivity index (χ4n) is 2.80. The molecule has 0 fully saturated rings. The molecule has 2 heterocycles. The van der Waals surface area contributed by atoms with Crippen molar-refractivity contribution in [1.82, 2.24) is 14.5 Å². The number of rotatable bonds is 5. The molecular weight excluding hydrogens is 392 g/mol. The van der Waals surface area contributed by atoms with Crippen LogP contribution >= 0.6 is 11.3 Å². The predicted molar refractivity (Wildman–Crippen MR) is 112 cm³/mol. The van der Waals surface area contributed by atoms with Crippen LogP contribution in [0.4, 0.5) is 5.13 Å². The molecule has 0 aliphatic rings. The molecule has 0 aliphatic heterocycles. The van der Waals surface area contributed by atoms with E-state index in [1.165, 1.54) is 17.6 Å². The van der Waals surface area contributed by atoms with Crippen LogP contribution in [0, 0.1) is 0 Å². The summed E-state index contributed by atoms with van der Waals surface area (Å²) in [4.78, 5) is 35.2. The molecule has 0 spiro atoms. The quantitative estimate of drug-likeness (QED) is 0.494. The zero-order chi connectivity index (χ0) is 20.4. The van der Waals surface area contributed by atoms with Gasteiger partial charge >= 0.3 is 5.69 Å². The third-order valence-corrected chi connectivity index (χ3v) is 5.03. The molecular formula is C20H16N4O4S. The molecule has 4 rings (SSSR count). The van der Waals surface area contributed by atoms with E-state index in [0.717, 1.165) is 20.5 Å². The molecule has 0 aliphatic carbocycles. The minimum atomic E-state index is -0.737. The molecule has 0 saturated heterocycles. The molecule has 0 bridgehead atoms. The highest BCUT2D eigenvalue weighted by atomic mass is 32.1. The van der Waals surface area contributed by atoms with E-state index in [0.29, 0.717) is 17.4 Å². The normalized spacial score (nSPS) is 11.3. The lowest BCUT2D eigenvalue weighted by molar-refractivity contribution is 0.341. The van der Waals surface area contributed by atoms with E-state index in [1.807, 2.05) is 25.1 Å². The molecule has 2 aromatic heterocycles. The van der Waals surface area contributed by atoms with Crippen molar-refractivity contribution >= 4 is 32.9 Å². The van der Waals surface area contributed by atoms with E-state index < -0.39 is 17.1 Å². The minimum absolute atomic E-state index is 0.136. The summed E-state index contributed by atoms with van der Waals surface area (Å²) < 4.78 is 7.37. The number of nitrogens with zero attached hydrogens (tertiary/aromatic N) is 3. The van der Waals surface area contributed by atoms with Gasteiger partial charge in [0.2, 0.25) is 11.0 Å². The van der Waals surface area contributed by atoms with E-state index >= 15 is 0 Å². The van der Waals surface area contributed by atoms with Gasteiger partial charge in [-0.1, -0.05) is 29.5 Å². The number of aliphatic imine (C=N–C) groups is 1. The highest BCUT2D eigenvalue weighted by molar-refractivity contribution is 7.22. The lowest BCUT2D eigenvalue weighted by Crippen LogP contribution is -2.31. The van der Waals surface area contributed by atoms with Gasteiger partial charge in [0.05, 0.1) is 22.5 Å². The summed E-state index contributed by atoms with van der Waals surface area (Å²) in [6, 6.07) is 14.0. The number of aromatic hydroxyl groups is 1. The van der Waals surface area contributed by atoms with Crippen molar-refractivity contribution < 1.29 is 9.84 Å². The van der Waals surface area contributed by atoms with Gasteiger partial charge in [-0.2, -0.15) is 0 Å². The predicted octanol–water partition coefficient (Wildman–Crippen LogP) is 2.99. The third kappa shape index (κ3) is 3.67. The lowest BCUT2D eigenvalue weighted by atomic mass is 10.3. The van der Waals surface area contributed by atoms with Gasteiger partial charge < -0.3 is 9.84 Å². The number of nitrogens with one attached hydrogen (secondary N) is 1. The number of H-pyrrole nitrogens is 1. The van der Waals surface area contributed by atoms with Crippen molar-refractivity contribution in [2.24, 2.45) is 4.99 Å². The molecule has 0 radical (unpaired) electrons. The van der Waals surface area contributed by atoms with Gasteiger partial charge in [0, 0.05) is 6.21 Å².